The highest BCUT2D eigenvalue weighted by molar-refractivity contribution is 5.78. The lowest BCUT2D eigenvalue weighted by molar-refractivity contribution is -0.144. The number of hydrogen-bond donors (Lipinski definition) is 0. The first-order chi connectivity index (χ1) is 9.63. The summed E-state index contributed by atoms with van der Waals surface area (Å²) in [6.45, 7) is 3.52. The van der Waals surface area contributed by atoms with Gasteiger partial charge in [0, 0.05) is 19.5 Å². The van der Waals surface area contributed by atoms with Gasteiger partial charge in [-0.15, -0.1) is 0 Å². The third kappa shape index (κ3) is 2.61. The molecule has 0 aromatic heterocycles. The number of benzene rings is 1. The molecule has 0 saturated carbocycles. The molecule has 0 unspecified atom stereocenters. The van der Waals surface area contributed by atoms with Gasteiger partial charge in [-0.3, -0.25) is 9.69 Å². The van der Waals surface area contributed by atoms with E-state index in [-0.39, 0.29) is 23.9 Å². The Kier molecular flexibility index (Phi) is 3.57. The van der Waals surface area contributed by atoms with Crippen LogP contribution in [0.3, 0.4) is 0 Å². The topological polar surface area (TPSA) is 29.5 Å². The zero-order valence-electron chi connectivity index (χ0n) is 11.5. The van der Waals surface area contributed by atoms with Crippen LogP contribution in [0, 0.1) is 5.82 Å². The van der Waals surface area contributed by atoms with Gasteiger partial charge in [-0.1, -0.05) is 18.2 Å². The summed E-state index contributed by atoms with van der Waals surface area (Å²) >= 11 is 0. The first-order valence-corrected chi connectivity index (χ1v) is 7.03. The monoisotopic (exact) mass is 275 g/mol. The summed E-state index contributed by atoms with van der Waals surface area (Å²) < 4.78 is 18.1. The maximum atomic E-state index is 12.9. The molecule has 2 aliphatic heterocycles. The van der Waals surface area contributed by atoms with Crippen LogP contribution in [0.15, 0.2) is 30.3 Å². The van der Waals surface area contributed by atoms with Crippen LogP contribution in [0.2, 0.25) is 0 Å². The molecule has 2 heterocycles. The van der Waals surface area contributed by atoms with Crippen molar-refractivity contribution in [2.75, 3.05) is 13.1 Å². The van der Waals surface area contributed by atoms with Crippen molar-refractivity contribution in [2.24, 2.45) is 0 Å². The summed E-state index contributed by atoms with van der Waals surface area (Å²) in [4.78, 5) is 13.9. The number of rotatable bonds is 2. The molecule has 0 radical (unpaired) electrons. The molecule has 3 rings (SSSR count). The molecule has 1 saturated heterocycles. The SMILES string of the molecule is C[C@@H]1C[C@H](N2CC=C(c3ccc(F)cc3)CC2)C(=O)O1. The van der Waals surface area contributed by atoms with Gasteiger partial charge in [0.25, 0.3) is 0 Å². The Labute approximate surface area is 118 Å². The van der Waals surface area contributed by atoms with Crippen molar-refractivity contribution in [3.63, 3.8) is 0 Å². The second kappa shape index (κ2) is 5.37. The highest BCUT2D eigenvalue weighted by atomic mass is 19.1. The van der Waals surface area contributed by atoms with E-state index in [1.807, 2.05) is 19.1 Å². The fourth-order valence-corrected chi connectivity index (χ4v) is 2.93. The molecule has 2 aliphatic rings. The van der Waals surface area contributed by atoms with Gasteiger partial charge < -0.3 is 4.74 Å². The number of ether oxygens (including phenoxy) is 1. The fourth-order valence-electron chi connectivity index (χ4n) is 2.93. The molecule has 0 aliphatic carbocycles. The van der Waals surface area contributed by atoms with E-state index in [0.29, 0.717) is 0 Å². The van der Waals surface area contributed by atoms with E-state index in [1.54, 1.807) is 0 Å². The number of cyclic esters (lactones) is 1. The molecule has 106 valence electrons. The molecule has 4 heteroatoms. The summed E-state index contributed by atoms with van der Waals surface area (Å²) in [5.74, 6) is -0.314. The molecule has 0 spiro atoms. The Morgan fingerprint density at radius 3 is 2.60 bits per heavy atom. The zero-order chi connectivity index (χ0) is 14.1. The first kappa shape index (κ1) is 13.3. The third-order valence-electron chi connectivity index (χ3n) is 4.04. The number of carbonyl (C=O) groups excluding carboxylic acids is 1. The van der Waals surface area contributed by atoms with Crippen molar-refractivity contribution < 1.29 is 13.9 Å². The van der Waals surface area contributed by atoms with Crippen LogP contribution in [0.1, 0.15) is 25.3 Å². The van der Waals surface area contributed by atoms with Crippen molar-refractivity contribution in [3.8, 4) is 0 Å². The normalized spacial score (nSPS) is 27.3. The smallest absolute Gasteiger partial charge is 0.323 e. The van der Waals surface area contributed by atoms with Crippen LogP contribution in [0.4, 0.5) is 4.39 Å². The number of carbonyl (C=O) groups is 1. The van der Waals surface area contributed by atoms with E-state index >= 15 is 0 Å². The van der Waals surface area contributed by atoms with Crippen molar-refractivity contribution >= 4 is 11.5 Å². The van der Waals surface area contributed by atoms with Gasteiger partial charge in [-0.05, 0) is 36.6 Å². The first-order valence-electron chi connectivity index (χ1n) is 7.03. The highest BCUT2D eigenvalue weighted by Gasteiger charge is 2.36. The van der Waals surface area contributed by atoms with E-state index in [4.69, 9.17) is 4.74 Å². The van der Waals surface area contributed by atoms with Gasteiger partial charge in [-0.2, -0.15) is 0 Å². The molecule has 1 fully saturated rings. The average Bonchev–Trinajstić information content (AvgIpc) is 2.79. The molecule has 0 bridgehead atoms. The lowest BCUT2D eigenvalue weighted by Crippen LogP contribution is -2.41. The molecule has 0 N–H and O–H groups in total. The quantitative estimate of drug-likeness (QED) is 0.777. The Morgan fingerprint density at radius 1 is 1.30 bits per heavy atom. The minimum absolute atomic E-state index is 0.0231. The fraction of sp³-hybridized carbons (Fsp3) is 0.438. The highest BCUT2D eigenvalue weighted by Crippen LogP contribution is 2.27. The van der Waals surface area contributed by atoms with Gasteiger partial charge in [0.1, 0.15) is 18.0 Å². The molecule has 0 amide bonds. The van der Waals surface area contributed by atoms with Gasteiger partial charge in [0.05, 0.1) is 0 Å². The van der Waals surface area contributed by atoms with E-state index in [9.17, 15) is 9.18 Å². The Morgan fingerprint density at radius 2 is 2.05 bits per heavy atom. The summed E-state index contributed by atoms with van der Waals surface area (Å²) in [7, 11) is 0. The van der Waals surface area contributed by atoms with Crippen molar-refractivity contribution in [1.82, 2.24) is 4.90 Å². The van der Waals surface area contributed by atoms with Gasteiger partial charge >= 0.3 is 5.97 Å². The van der Waals surface area contributed by atoms with Crippen LogP contribution in [-0.4, -0.2) is 36.1 Å². The van der Waals surface area contributed by atoms with Crippen molar-refractivity contribution in [3.05, 3.63) is 41.7 Å². The standard InChI is InChI=1S/C16H18FNO2/c1-11-10-15(16(19)20-11)18-8-6-13(7-9-18)12-2-4-14(17)5-3-12/h2-6,11,15H,7-10H2,1H3/t11-,15+/m1/s1. The molecular weight excluding hydrogens is 257 g/mol. The predicted molar refractivity (Wildman–Crippen MR) is 74.5 cm³/mol. The molecule has 3 nitrogen and oxygen atoms in total. The number of halogens is 1. The molecule has 1 aromatic rings. The molecule has 20 heavy (non-hydrogen) atoms. The Bertz CT molecular complexity index is 538. The maximum Gasteiger partial charge on any atom is 0.323 e. The van der Waals surface area contributed by atoms with E-state index in [2.05, 4.69) is 11.0 Å². The van der Waals surface area contributed by atoms with E-state index in [0.717, 1.165) is 31.5 Å². The third-order valence-corrected chi connectivity index (χ3v) is 4.04. The largest absolute Gasteiger partial charge is 0.461 e. The van der Waals surface area contributed by atoms with Crippen LogP contribution in [0.25, 0.3) is 5.57 Å². The molecular formula is C16H18FNO2. The van der Waals surface area contributed by atoms with Gasteiger partial charge in [-0.25, -0.2) is 4.39 Å². The summed E-state index contributed by atoms with van der Waals surface area (Å²) in [6.07, 6.45) is 3.81. The van der Waals surface area contributed by atoms with Gasteiger partial charge in [0.15, 0.2) is 0 Å². The summed E-state index contributed by atoms with van der Waals surface area (Å²) in [6, 6.07) is 6.48. The predicted octanol–water partition coefficient (Wildman–Crippen LogP) is 2.62. The summed E-state index contributed by atoms with van der Waals surface area (Å²) in [5, 5.41) is 0. The van der Waals surface area contributed by atoms with Crippen LogP contribution in [-0.2, 0) is 9.53 Å². The lowest BCUT2D eigenvalue weighted by Gasteiger charge is -2.29. The molecule has 2 atom stereocenters. The second-order valence-corrected chi connectivity index (χ2v) is 5.48. The Balaban J connectivity index is 1.69. The average molecular weight is 275 g/mol. The minimum Gasteiger partial charge on any atom is -0.461 e. The van der Waals surface area contributed by atoms with Crippen molar-refractivity contribution in [1.29, 1.82) is 0 Å². The van der Waals surface area contributed by atoms with Gasteiger partial charge in [0.2, 0.25) is 0 Å². The summed E-state index contributed by atoms with van der Waals surface area (Å²) in [5.41, 5.74) is 2.29. The minimum atomic E-state index is -0.213. The van der Waals surface area contributed by atoms with E-state index in [1.165, 1.54) is 17.7 Å². The maximum absolute atomic E-state index is 12.9. The number of esters is 1. The van der Waals surface area contributed by atoms with E-state index < -0.39 is 0 Å². The Hall–Kier alpha value is -1.68. The second-order valence-electron chi connectivity index (χ2n) is 5.48. The van der Waals surface area contributed by atoms with Crippen LogP contribution < -0.4 is 0 Å². The number of nitrogens with zero attached hydrogens (tertiary/aromatic N) is 1. The van der Waals surface area contributed by atoms with Crippen LogP contribution in [0.5, 0.6) is 0 Å². The van der Waals surface area contributed by atoms with Crippen molar-refractivity contribution in [2.45, 2.75) is 31.9 Å². The lowest BCUT2D eigenvalue weighted by atomic mass is 9.98. The molecule has 1 aromatic carbocycles. The number of hydrogen-bond acceptors (Lipinski definition) is 3. The van der Waals surface area contributed by atoms with Crippen LogP contribution >= 0.6 is 0 Å². The zero-order valence-corrected chi connectivity index (χ0v) is 11.5.